The SMILES string of the molecule is Cc1cc(CCCCCN2[CH-]N(c3[c-]cccc3)c3ncc(-c4ccccc4)cc32)n[n-]1.Cc1cc(CCCCCN2[CH-]N(c3[c-]cccc3)c3ncc(-c4ccccc4)cc32)n[n-]1.[Pt].[Pt]. The quantitative estimate of drug-likeness (QED) is 0.0688. The van der Waals surface area contributed by atoms with Gasteiger partial charge in [-0.15, -0.1) is 22.8 Å². The Labute approximate surface area is 418 Å². The van der Waals surface area contributed by atoms with Gasteiger partial charge in [0.2, 0.25) is 0 Å². The summed E-state index contributed by atoms with van der Waals surface area (Å²) >= 11 is 0. The summed E-state index contributed by atoms with van der Waals surface area (Å²) in [5, 5.41) is 16.6. The summed E-state index contributed by atoms with van der Waals surface area (Å²) in [7, 11) is 0. The molecule has 0 saturated heterocycles. The van der Waals surface area contributed by atoms with Crippen molar-refractivity contribution in [3.05, 3.63) is 194 Å². The van der Waals surface area contributed by atoms with Crippen molar-refractivity contribution in [2.45, 2.75) is 65.2 Å². The van der Waals surface area contributed by atoms with Gasteiger partial charge in [-0.05, 0) is 74.9 Å². The Hall–Kier alpha value is -5.82. The Bertz CT molecular complexity index is 2510. The number of anilines is 6. The number of hydrogen-bond acceptors (Lipinski definition) is 8. The first-order chi connectivity index (χ1) is 31.6. The molecule has 0 unspecified atom stereocenters. The standard InChI is InChI=1S/2C27H26N5.2Pt/c2*1-21-17-24(30-29-21)13-7-4-10-16-31-20-32(25-14-8-3-9-15-25)27-26(31)18-23(19-28-27)22-11-5-2-6-12-22;;/h2*2-3,5-6,8-9,11-12,14,17-20H,4,7,10,13,16H2,1H3;;/q2*-3;;. The van der Waals surface area contributed by atoms with E-state index >= 15 is 0 Å². The van der Waals surface area contributed by atoms with Gasteiger partial charge in [0.05, 0.1) is 11.4 Å². The molecule has 10 nitrogen and oxygen atoms in total. The molecule has 6 heterocycles. The first-order valence-electron chi connectivity index (χ1n) is 22.3. The second-order valence-electron chi connectivity index (χ2n) is 16.3. The Kier molecular flexibility index (Phi) is 17.2. The molecule has 0 bridgehead atoms. The number of aromatic nitrogens is 6. The molecule has 2 aliphatic heterocycles. The summed E-state index contributed by atoms with van der Waals surface area (Å²) in [6.07, 6.45) is 12.7. The molecular formula is C54H52N10Pt2-6. The van der Waals surface area contributed by atoms with Crippen molar-refractivity contribution in [1.82, 2.24) is 30.4 Å². The largest absolute Gasteiger partial charge is 0.579 e. The molecule has 4 aromatic carbocycles. The molecule has 4 aromatic heterocycles. The average molecular weight is 1230 g/mol. The molecule has 12 heteroatoms. The van der Waals surface area contributed by atoms with Crippen LogP contribution in [0.2, 0.25) is 0 Å². The maximum absolute atomic E-state index is 4.85. The number of nitrogens with zero attached hydrogens (tertiary/aromatic N) is 10. The second-order valence-corrected chi connectivity index (χ2v) is 16.3. The first kappa shape index (κ1) is 48.1. The van der Waals surface area contributed by atoms with Crippen molar-refractivity contribution in [3.8, 4) is 22.3 Å². The summed E-state index contributed by atoms with van der Waals surface area (Å²) in [5.74, 6) is 1.91. The van der Waals surface area contributed by atoms with E-state index in [1.54, 1.807) is 0 Å². The van der Waals surface area contributed by atoms with E-state index in [-0.39, 0.29) is 42.1 Å². The number of fused-ring (bicyclic) bond motifs is 2. The zero-order chi connectivity index (χ0) is 43.5. The van der Waals surface area contributed by atoms with Crippen LogP contribution in [-0.4, -0.2) is 33.3 Å². The summed E-state index contributed by atoms with van der Waals surface area (Å²) in [6, 6.07) is 52.2. The van der Waals surface area contributed by atoms with Gasteiger partial charge in [-0.1, -0.05) is 99.5 Å². The van der Waals surface area contributed by atoms with E-state index in [4.69, 9.17) is 9.97 Å². The van der Waals surface area contributed by atoms with Crippen molar-refractivity contribution in [2.75, 3.05) is 32.7 Å². The van der Waals surface area contributed by atoms with Crippen LogP contribution in [0.15, 0.2) is 146 Å². The third-order valence-corrected chi connectivity index (χ3v) is 11.5. The smallest absolute Gasteiger partial charge is 0.124 e. The van der Waals surface area contributed by atoms with Crippen molar-refractivity contribution >= 4 is 34.4 Å². The molecule has 344 valence electrons. The van der Waals surface area contributed by atoms with E-state index in [0.717, 1.165) is 133 Å². The summed E-state index contributed by atoms with van der Waals surface area (Å²) in [6.45, 7) is 10.2. The average Bonchev–Trinajstić information content (AvgIpc) is 4.15. The maximum Gasteiger partial charge on any atom is 0.124 e. The number of para-hydroxylation sites is 2. The normalized spacial score (nSPS) is 12.5. The monoisotopic (exact) mass is 1230 g/mol. The molecular weight excluding hydrogens is 1180 g/mol. The maximum atomic E-state index is 4.85. The molecule has 66 heavy (non-hydrogen) atoms. The van der Waals surface area contributed by atoms with Crippen molar-refractivity contribution in [3.63, 3.8) is 0 Å². The van der Waals surface area contributed by atoms with E-state index < -0.39 is 0 Å². The predicted molar refractivity (Wildman–Crippen MR) is 257 cm³/mol. The molecule has 10 rings (SSSR count). The van der Waals surface area contributed by atoms with Crippen LogP contribution in [0.25, 0.3) is 22.3 Å². The van der Waals surface area contributed by atoms with E-state index in [2.05, 4.69) is 150 Å². The molecule has 0 fully saturated rings. The number of benzene rings is 4. The number of hydrogen-bond donors (Lipinski definition) is 0. The van der Waals surface area contributed by atoms with Gasteiger partial charge in [-0.25, -0.2) is 9.97 Å². The molecule has 0 spiro atoms. The minimum atomic E-state index is 0. The Balaban J connectivity index is 0.000000191. The third kappa shape index (κ3) is 11.9. The molecule has 0 N–H and O–H groups in total. The minimum Gasteiger partial charge on any atom is -0.579 e. The van der Waals surface area contributed by atoms with Crippen molar-refractivity contribution in [1.29, 1.82) is 0 Å². The minimum absolute atomic E-state index is 0. The Morgan fingerprint density at radius 1 is 0.485 bits per heavy atom. The van der Waals surface area contributed by atoms with E-state index in [1.807, 2.05) is 74.8 Å². The Morgan fingerprint density at radius 3 is 1.29 bits per heavy atom. The van der Waals surface area contributed by atoms with Crippen molar-refractivity contribution in [2.24, 2.45) is 0 Å². The fraction of sp³-hybridized carbons (Fsp3) is 0.222. The van der Waals surface area contributed by atoms with Crippen LogP contribution in [0.1, 0.15) is 61.3 Å². The number of pyridine rings is 2. The van der Waals surface area contributed by atoms with Gasteiger partial charge in [0.15, 0.2) is 0 Å². The number of rotatable bonds is 16. The fourth-order valence-electron chi connectivity index (χ4n) is 8.21. The van der Waals surface area contributed by atoms with Crippen LogP contribution in [0.4, 0.5) is 34.4 Å². The molecule has 2 aliphatic rings. The fourth-order valence-corrected chi connectivity index (χ4v) is 8.21. The second kappa shape index (κ2) is 23.6. The molecule has 0 radical (unpaired) electrons. The van der Waals surface area contributed by atoms with Gasteiger partial charge >= 0.3 is 0 Å². The zero-order valence-corrected chi connectivity index (χ0v) is 41.7. The van der Waals surface area contributed by atoms with E-state index in [9.17, 15) is 0 Å². The van der Waals surface area contributed by atoms with Gasteiger partial charge in [-0.2, -0.15) is 74.0 Å². The number of unbranched alkanes of at least 4 members (excludes halogenated alkanes) is 4. The molecule has 8 aromatic rings. The third-order valence-electron chi connectivity index (χ3n) is 11.5. The van der Waals surface area contributed by atoms with Crippen molar-refractivity contribution < 1.29 is 42.1 Å². The van der Waals surface area contributed by atoms with E-state index in [0.29, 0.717) is 0 Å². The molecule has 0 atom stereocenters. The summed E-state index contributed by atoms with van der Waals surface area (Å²) in [5.41, 5.74) is 13.1. The number of aryl methyl sites for hydroxylation is 4. The Morgan fingerprint density at radius 2 is 0.909 bits per heavy atom. The van der Waals surface area contributed by atoms with Crippen LogP contribution in [-0.2, 0) is 55.0 Å². The molecule has 0 saturated carbocycles. The topological polar surface area (TPSA) is 92.7 Å². The van der Waals surface area contributed by atoms with Crippen LogP contribution >= 0.6 is 0 Å². The van der Waals surface area contributed by atoms with Gasteiger partial charge < -0.3 is 40.0 Å². The van der Waals surface area contributed by atoms with Crippen LogP contribution < -0.4 is 29.8 Å². The van der Waals surface area contributed by atoms with Crippen LogP contribution in [0.5, 0.6) is 0 Å². The van der Waals surface area contributed by atoms with Gasteiger partial charge in [0.25, 0.3) is 0 Å². The van der Waals surface area contributed by atoms with Gasteiger partial charge in [0.1, 0.15) is 11.6 Å². The summed E-state index contributed by atoms with van der Waals surface area (Å²) < 4.78 is 0. The van der Waals surface area contributed by atoms with E-state index in [1.165, 1.54) is 11.1 Å². The molecule has 0 aliphatic carbocycles. The van der Waals surface area contributed by atoms with Crippen LogP contribution in [0.3, 0.4) is 0 Å². The summed E-state index contributed by atoms with van der Waals surface area (Å²) in [4.78, 5) is 18.6. The zero-order valence-electron chi connectivity index (χ0n) is 37.2. The van der Waals surface area contributed by atoms with Gasteiger partial charge in [-0.3, -0.25) is 0 Å². The first-order valence-corrected chi connectivity index (χ1v) is 22.3. The van der Waals surface area contributed by atoms with Gasteiger partial charge in [0, 0.05) is 77.0 Å². The van der Waals surface area contributed by atoms with Crippen LogP contribution in [0, 0.1) is 39.3 Å². The predicted octanol–water partition coefficient (Wildman–Crippen LogP) is 11.4. The molecule has 0 amide bonds.